The maximum absolute atomic E-state index is 12.3. The minimum absolute atomic E-state index is 0.0643. The van der Waals surface area contributed by atoms with Crippen LogP contribution in [0.1, 0.15) is 27.8 Å². The zero-order chi connectivity index (χ0) is 18.8. The van der Waals surface area contributed by atoms with Crippen LogP contribution in [0.4, 0.5) is 5.69 Å². The van der Waals surface area contributed by atoms with Crippen LogP contribution < -0.4 is 5.32 Å². The number of hydrogen-bond donors (Lipinski definition) is 1. The predicted octanol–water partition coefficient (Wildman–Crippen LogP) is 4.35. The van der Waals surface area contributed by atoms with Gasteiger partial charge in [0.05, 0.1) is 5.71 Å². The van der Waals surface area contributed by atoms with E-state index in [2.05, 4.69) is 34.3 Å². The standard InChI is InChI=1S/C23H19N3O/c1-15-13-16(14-20-19-5-3-4-6-21(19)26-23(20)27)7-8-18(15)22(24-2)17-9-11-25-12-10-17/h3-14H,1-2H3,(H,26,27)/b20-14+,24-22?. The molecule has 1 aliphatic rings. The highest BCUT2D eigenvalue weighted by Crippen LogP contribution is 2.33. The Morgan fingerprint density at radius 1 is 1.07 bits per heavy atom. The number of aliphatic imine (C=N–C) groups is 1. The number of rotatable bonds is 3. The molecule has 0 saturated carbocycles. The minimum atomic E-state index is -0.0643. The van der Waals surface area contributed by atoms with Gasteiger partial charge in [0.2, 0.25) is 0 Å². The molecule has 2 heterocycles. The molecule has 1 N–H and O–H groups in total. The summed E-state index contributed by atoms with van der Waals surface area (Å²) in [4.78, 5) is 20.9. The summed E-state index contributed by atoms with van der Waals surface area (Å²) < 4.78 is 0. The molecule has 4 rings (SSSR count). The summed E-state index contributed by atoms with van der Waals surface area (Å²) in [6.07, 6.45) is 5.47. The number of aromatic nitrogens is 1. The van der Waals surface area contributed by atoms with E-state index in [-0.39, 0.29) is 5.91 Å². The van der Waals surface area contributed by atoms with Crippen molar-refractivity contribution in [3.05, 3.63) is 94.8 Å². The molecular weight excluding hydrogens is 334 g/mol. The first kappa shape index (κ1) is 16.9. The van der Waals surface area contributed by atoms with Gasteiger partial charge in [0.15, 0.2) is 0 Å². The maximum atomic E-state index is 12.3. The van der Waals surface area contributed by atoms with Gasteiger partial charge in [-0.15, -0.1) is 0 Å². The number of carbonyl (C=O) groups excluding carboxylic acids is 1. The molecule has 0 radical (unpaired) electrons. The van der Waals surface area contributed by atoms with Crippen molar-refractivity contribution in [2.45, 2.75) is 6.92 Å². The van der Waals surface area contributed by atoms with Gasteiger partial charge in [-0.1, -0.05) is 36.4 Å². The van der Waals surface area contributed by atoms with Gasteiger partial charge in [-0.25, -0.2) is 0 Å². The summed E-state index contributed by atoms with van der Waals surface area (Å²) >= 11 is 0. The first-order valence-electron chi connectivity index (χ1n) is 8.78. The van der Waals surface area contributed by atoms with Crippen LogP contribution in [-0.4, -0.2) is 23.7 Å². The molecule has 1 amide bonds. The summed E-state index contributed by atoms with van der Waals surface area (Å²) in [5.41, 5.74) is 7.62. The van der Waals surface area contributed by atoms with Crippen LogP contribution in [0.25, 0.3) is 11.6 Å². The Hall–Kier alpha value is -3.53. The largest absolute Gasteiger partial charge is 0.321 e. The normalized spacial score (nSPS) is 15.0. The van der Waals surface area contributed by atoms with Crippen LogP contribution in [0.5, 0.6) is 0 Å². The van der Waals surface area contributed by atoms with Crippen LogP contribution in [0.2, 0.25) is 0 Å². The molecule has 0 atom stereocenters. The van der Waals surface area contributed by atoms with E-state index in [1.807, 2.05) is 48.5 Å². The fourth-order valence-electron chi connectivity index (χ4n) is 3.41. The number of amides is 1. The molecule has 0 fully saturated rings. The van der Waals surface area contributed by atoms with E-state index in [1.165, 1.54) is 0 Å². The Balaban J connectivity index is 1.72. The minimum Gasteiger partial charge on any atom is -0.321 e. The molecule has 1 aliphatic heterocycles. The summed E-state index contributed by atoms with van der Waals surface area (Å²) in [5.74, 6) is -0.0643. The van der Waals surface area contributed by atoms with Gasteiger partial charge in [-0.05, 0) is 42.3 Å². The third-order valence-electron chi connectivity index (χ3n) is 4.70. The van der Waals surface area contributed by atoms with E-state index in [4.69, 9.17) is 0 Å². The van der Waals surface area contributed by atoms with E-state index < -0.39 is 0 Å². The molecule has 4 nitrogen and oxygen atoms in total. The van der Waals surface area contributed by atoms with Crippen LogP contribution in [-0.2, 0) is 4.79 Å². The van der Waals surface area contributed by atoms with Crippen molar-refractivity contribution in [1.82, 2.24) is 4.98 Å². The van der Waals surface area contributed by atoms with Crippen molar-refractivity contribution in [2.24, 2.45) is 4.99 Å². The number of para-hydroxylation sites is 1. The van der Waals surface area contributed by atoms with E-state index in [1.54, 1.807) is 19.4 Å². The highest BCUT2D eigenvalue weighted by atomic mass is 16.2. The van der Waals surface area contributed by atoms with Crippen molar-refractivity contribution in [2.75, 3.05) is 12.4 Å². The molecule has 4 heteroatoms. The Labute approximate surface area is 158 Å². The number of pyridine rings is 1. The van der Waals surface area contributed by atoms with E-state index in [0.717, 1.165) is 39.2 Å². The molecular formula is C23H19N3O. The Kier molecular flexibility index (Phi) is 4.38. The molecule has 3 aromatic rings. The van der Waals surface area contributed by atoms with Gasteiger partial charge in [0.25, 0.3) is 5.91 Å². The molecule has 132 valence electrons. The quantitative estimate of drug-likeness (QED) is 0.562. The average Bonchev–Trinajstić information content (AvgIpc) is 3.00. The monoisotopic (exact) mass is 353 g/mol. The Morgan fingerprint density at radius 3 is 2.59 bits per heavy atom. The second kappa shape index (κ2) is 7.00. The number of nitrogens with zero attached hydrogens (tertiary/aromatic N) is 2. The SMILES string of the molecule is CN=C(c1ccncc1)c1ccc(/C=C2/C(=O)Nc3ccccc32)cc1C. The fraction of sp³-hybridized carbons (Fsp3) is 0.0870. The van der Waals surface area contributed by atoms with E-state index in [0.29, 0.717) is 5.57 Å². The lowest BCUT2D eigenvalue weighted by Crippen LogP contribution is -2.06. The zero-order valence-electron chi connectivity index (χ0n) is 15.2. The molecule has 27 heavy (non-hydrogen) atoms. The van der Waals surface area contributed by atoms with Crippen LogP contribution in [0.3, 0.4) is 0 Å². The third kappa shape index (κ3) is 3.17. The highest BCUT2D eigenvalue weighted by molar-refractivity contribution is 6.34. The number of anilines is 1. The number of hydrogen-bond acceptors (Lipinski definition) is 3. The third-order valence-corrected chi connectivity index (χ3v) is 4.70. The topological polar surface area (TPSA) is 54.4 Å². The second-order valence-corrected chi connectivity index (χ2v) is 6.44. The maximum Gasteiger partial charge on any atom is 0.256 e. The Bertz CT molecular complexity index is 1080. The number of aryl methyl sites for hydroxylation is 1. The molecule has 0 spiro atoms. The number of nitrogens with one attached hydrogen (secondary N) is 1. The molecule has 1 aromatic heterocycles. The lowest BCUT2D eigenvalue weighted by molar-refractivity contribution is -0.110. The number of carbonyl (C=O) groups is 1. The first-order valence-corrected chi connectivity index (χ1v) is 8.78. The first-order chi connectivity index (χ1) is 13.2. The second-order valence-electron chi connectivity index (χ2n) is 6.44. The van der Waals surface area contributed by atoms with Crippen LogP contribution in [0.15, 0.2) is 72.0 Å². The lowest BCUT2D eigenvalue weighted by atomic mass is 9.95. The molecule has 0 aliphatic carbocycles. The van der Waals surface area contributed by atoms with Gasteiger partial charge in [-0.2, -0.15) is 0 Å². The molecule has 0 saturated heterocycles. The fourth-order valence-corrected chi connectivity index (χ4v) is 3.41. The van der Waals surface area contributed by atoms with Crippen molar-refractivity contribution in [3.8, 4) is 0 Å². The van der Waals surface area contributed by atoms with Crippen LogP contribution in [0, 0.1) is 6.92 Å². The summed E-state index contributed by atoms with van der Waals surface area (Å²) in [6.45, 7) is 2.06. The summed E-state index contributed by atoms with van der Waals surface area (Å²) in [6, 6.07) is 17.8. The molecule has 2 aromatic carbocycles. The summed E-state index contributed by atoms with van der Waals surface area (Å²) in [7, 11) is 1.80. The Morgan fingerprint density at radius 2 is 1.85 bits per heavy atom. The number of fused-ring (bicyclic) bond motifs is 1. The van der Waals surface area contributed by atoms with Crippen molar-refractivity contribution < 1.29 is 4.79 Å². The van der Waals surface area contributed by atoms with Gasteiger partial charge >= 0.3 is 0 Å². The summed E-state index contributed by atoms with van der Waals surface area (Å²) in [5, 5.41) is 2.91. The predicted molar refractivity (Wildman–Crippen MR) is 110 cm³/mol. The van der Waals surface area contributed by atoms with Crippen molar-refractivity contribution in [3.63, 3.8) is 0 Å². The number of benzene rings is 2. The average molecular weight is 353 g/mol. The van der Waals surface area contributed by atoms with E-state index >= 15 is 0 Å². The zero-order valence-corrected chi connectivity index (χ0v) is 15.2. The smallest absolute Gasteiger partial charge is 0.256 e. The van der Waals surface area contributed by atoms with Gasteiger partial charge in [0.1, 0.15) is 0 Å². The van der Waals surface area contributed by atoms with Gasteiger partial charge in [-0.3, -0.25) is 14.8 Å². The van der Waals surface area contributed by atoms with Gasteiger partial charge < -0.3 is 5.32 Å². The van der Waals surface area contributed by atoms with Crippen molar-refractivity contribution >= 4 is 29.0 Å². The van der Waals surface area contributed by atoms with Crippen LogP contribution >= 0.6 is 0 Å². The molecule has 0 bridgehead atoms. The van der Waals surface area contributed by atoms with E-state index in [9.17, 15) is 4.79 Å². The lowest BCUT2D eigenvalue weighted by Gasteiger charge is -2.10. The van der Waals surface area contributed by atoms with Gasteiger partial charge in [0, 0.05) is 47.4 Å². The highest BCUT2D eigenvalue weighted by Gasteiger charge is 2.23. The molecule has 0 unspecified atom stereocenters. The van der Waals surface area contributed by atoms with Crippen molar-refractivity contribution in [1.29, 1.82) is 0 Å².